The third-order valence-electron chi connectivity index (χ3n) is 2.78. The molecule has 1 rings (SSSR count). The molecule has 0 aliphatic carbocycles. The summed E-state index contributed by atoms with van der Waals surface area (Å²) in [5.41, 5.74) is -0.519. The van der Waals surface area contributed by atoms with Gasteiger partial charge in [-0.15, -0.1) is 0 Å². The maximum atomic E-state index is 11.9. The molecule has 1 aromatic rings. The summed E-state index contributed by atoms with van der Waals surface area (Å²) in [6, 6.07) is 6.29. The summed E-state index contributed by atoms with van der Waals surface area (Å²) < 4.78 is 0. The monoisotopic (exact) mass is 312 g/mol. The molecule has 6 heteroatoms. The molecule has 2 amide bonds. The van der Waals surface area contributed by atoms with Gasteiger partial charge in [0, 0.05) is 17.1 Å². The molecule has 0 aliphatic rings. The molecule has 2 N–H and O–H groups in total. The van der Waals surface area contributed by atoms with E-state index in [-0.39, 0.29) is 6.54 Å². The van der Waals surface area contributed by atoms with Crippen molar-refractivity contribution in [2.45, 2.75) is 26.4 Å². The van der Waals surface area contributed by atoms with Crippen LogP contribution >= 0.6 is 11.6 Å². The topological polar surface area (TPSA) is 69.6 Å². The predicted molar refractivity (Wildman–Crippen MR) is 82.3 cm³/mol. The zero-order valence-electron chi connectivity index (χ0n) is 12.5. The average molecular weight is 313 g/mol. The van der Waals surface area contributed by atoms with Crippen molar-refractivity contribution in [3.8, 4) is 0 Å². The predicted octanol–water partition coefficient (Wildman–Crippen LogP) is 1.69. The number of hydrogen-bond donors (Lipinski definition) is 2. The van der Waals surface area contributed by atoms with E-state index in [1.165, 1.54) is 0 Å². The lowest BCUT2D eigenvalue weighted by Crippen LogP contribution is -2.45. The van der Waals surface area contributed by atoms with Crippen LogP contribution in [0.25, 0.3) is 0 Å². The van der Waals surface area contributed by atoms with Crippen LogP contribution in [-0.2, 0) is 4.79 Å². The number of carbonyl (C=O) groups excluding carboxylic acids is 2. The van der Waals surface area contributed by atoms with E-state index in [0.717, 1.165) is 0 Å². The summed E-state index contributed by atoms with van der Waals surface area (Å²) >= 11 is 5.74. The van der Waals surface area contributed by atoms with Gasteiger partial charge in [0.25, 0.3) is 5.91 Å². The molecule has 0 saturated carbocycles. The van der Waals surface area contributed by atoms with Crippen molar-refractivity contribution in [1.29, 1.82) is 0 Å². The zero-order chi connectivity index (χ0) is 16.0. The second-order valence-electron chi connectivity index (χ2n) is 5.50. The van der Waals surface area contributed by atoms with E-state index in [4.69, 9.17) is 11.6 Å². The number of halogens is 1. The van der Waals surface area contributed by atoms with Gasteiger partial charge in [0.05, 0.1) is 12.1 Å². The van der Waals surface area contributed by atoms with Crippen LogP contribution < -0.4 is 5.32 Å². The lowest BCUT2D eigenvalue weighted by atomic mass is 10.1. The van der Waals surface area contributed by atoms with E-state index in [2.05, 4.69) is 5.32 Å². The molecular weight excluding hydrogens is 292 g/mol. The molecule has 0 radical (unpaired) electrons. The maximum Gasteiger partial charge on any atom is 0.257 e. The normalized spacial score (nSPS) is 11.5. The van der Waals surface area contributed by atoms with Gasteiger partial charge in [0.1, 0.15) is 0 Å². The Balaban J connectivity index is 2.56. The first kappa shape index (κ1) is 17.6. The number of likely N-dealkylation sites (N-methyl/N-ethyl adjacent to an activating group) is 1. The Morgan fingerprint density at radius 1 is 1.29 bits per heavy atom. The van der Waals surface area contributed by atoms with E-state index < -0.39 is 17.4 Å². The highest BCUT2D eigenvalue weighted by Gasteiger charge is 2.20. The number of benzene rings is 1. The molecule has 0 atom stereocenters. The molecule has 21 heavy (non-hydrogen) atoms. The van der Waals surface area contributed by atoms with Crippen LogP contribution in [0.1, 0.15) is 31.1 Å². The van der Waals surface area contributed by atoms with Gasteiger partial charge in [0.15, 0.2) is 0 Å². The van der Waals surface area contributed by atoms with E-state index in [1.54, 1.807) is 43.0 Å². The molecule has 1 aromatic carbocycles. The Morgan fingerprint density at radius 3 is 2.33 bits per heavy atom. The number of aliphatic hydroxyl groups is 1. The summed E-state index contributed by atoms with van der Waals surface area (Å²) in [4.78, 5) is 25.5. The second kappa shape index (κ2) is 7.54. The summed E-state index contributed by atoms with van der Waals surface area (Å²) in [5, 5.41) is 12.6. The lowest BCUT2D eigenvalue weighted by Gasteiger charge is -2.27. The Labute approximate surface area is 129 Å². The van der Waals surface area contributed by atoms with E-state index in [1.807, 2.05) is 6.92 Å². The highest BCUT2D eigenvalue weighted by Crippen LogP contribution is 2.09. The number of hydrogen-bond acceptors (Lipinski definition) is 4. The number of imide groups is 1. The molecule has 0 aromatic heterocycles. The molecule has 0 heterocycles. The van der Waals surface area contributed by atoms with Gasteiger partial charge < -0.3 is 5.11 Å². The summed E-state index contributed by atoms with van der Waals surface area (Å²) in [6.45, 7) is 6.25. The first-order valence-corrected chi connectivity index (χ1v) is 7.13. The molecule has 0 aliphatic heterocycles. The molecule has 0 unspecified atom stereocenters. The van der Waals surface area contributed by atoms with Crippen LogP contribution in [0.5, 0.6) is 0 Å². The van der Waals surface area contributed by atoms with Crippen LogP contribution in [0.15, 0.2) is 24.3 Å². The van der Waals surface area contributed by atoms with Crippen molar-refractivity contribution in [1.82, 2.24) is 10.2 Å². The van der Waals surface area contributed by atoms with Crippen LogP contribution in [0.4, 0.5) is 0 Å². The van der Waals surface area contributed by atoms with Gasteiger partial charge in [-0.05, 0) is 44.7 Å². The second-order valence-corrected chi connectivity index (χ2v) is 5.94. The Bertz CT molecular complexity index is 495. The molecule has 116 valence electrons. The molecule has 0 fully saturated rings. The molecule has 0 spiro atoms. The van der Waals surface area contributed by atoms with E-state index in [9.17, 15) is 14.7 Å². The number of nitrogens with one attached hydrogen (secondary N) is 1. The van der Waals surface area contributed by atoms with Crippen molar-refractivity contribution in [3.05, 3.63) is 34.9 Å². The van der Waals surface area contributed by atoms with Gasteiger partial charge in [-0.3, -0.25) is 19.8 Å². The Kier molecular flexibility index (Phi) is 6.33. The number of carbonyl (C=O) groups is 2. The summed E-state index contributed by atoms with van der Waals surface area (Å²) in [7, 11) is 0. The SMILES string of the molecule is CCN(CC(=O)NC(=O)c1ccc(Cl)cc1)CC(C)(C)O. The van der Waals surface area contributed by atoms with Gasteiger partial charge in [-0.25, -0.2) is 0 Å². The fraction of sp³-hybridized carbons (Fsp3) is 0.467. The smallest absolute Gasteiger partial charge is 0.257 e. The minimum Gasteiger partial charge on any atom is -0.389 e. The van der Waals surface area contributed by atoms with Crippen molar-refractivity contribution in [3.63, 3.8) is 0 Å². The van der Waals surface area contributed by atoms with Crippen LogP contribution in [0.2, 0.25) is 5.02 Å². The molecule has 5 nitrogen and oxygen atoms in total. The molecule has 0 bridgehead atoms. The standard InChI is InChI=1S/C15H21ClN2O3/c1-4-18(10-15(2,3)21)9-13(19)17-14(20)11-5-7-12(16)8-6-11/h5-8,21H,4,9-10H2,1-3H3,(H,17,19,20). The third-order valence-corrected chi connectivity index (χ3v) is 3.04. The zero-order valence-corrected chi connectivity index (χ0v) is 13.3. The lowest BCUT2D eigenvalue weighted by molar-refractivity contribution is -0.121. The minimum absolute atomic E-state index is 0.0554. The van der Waals surface area contributed by atoms with Crippen molar-refractivity contribution < 1.29 is 14.7 Å². The molecular formula is C15H21ClN2O3. The van der Waals surface area contributed by atoms with Crippen LogP contribution in [-0.4, -0.2) is 47.1 Å². The van der Waals surface area contributed by atoms with Crippen molar-refractivity contribution >= 4 is 23.4 Å². The summed E-state index contributed by atoms with van der Waals surface area (Å²) in [5.74, 6) is -0.864. The van der Waals surface area contributed by atoms with Crippen molar-refractivity contribution in [2.75, 3.05) is 19.6 Å². The Morgan fingerprint density at radius 2 is 1.86 bits per heavy atom. The highest BCUT2D eigenvalue weighted by molar-refractivity contribution is 6.30. The van der Waals surface area contributed by atoms with Crippen molar-refractivity contribution in [2.24, 2.45) is 0 Å². The first-order chi connectivity index (χ1) is 9.71. The fourth-order valence-electron chi connectivity index (χ4n) is 1.87. The number of amides is 2. The Hall–Kier alpha value is -1.43. The first-order valence-electron chi connectivity index (χ1n) is 6.76. The largest absolute Gasteiger partial charge is 0.389 e. The highest BCUT2D eigenvalue weighted by atomic mass is 35.5. The minimum atomic E-state index is -0.892. The summed E-state index contributed by atoms with van der Waals surface area (Å²) in [6.07, 6.45) is 0. The number of nitrogens with zero attached hydrogens (tertiary/aromatic N) is 1. The maximum absolute atomic E-state index is 11.9. The van der Waals surface area contributed by atoms with Crippen LogP contribution in [0, 0.1) is 0 Å². The third kappa shape index (κ3) is 6.71. The fourth-order valence-corrected chi connectivity index (χ4v) is 2.00. The average Bonchev–Trinajstić information content (AvgIpc) is 2.36. The van der Waals surface area contributed by atoms with Gasteiger partial charge in [0.2, 0.25) is 5.91 Å². The number of rotatable bonds is 6. The molecule has 0 saturated heterocycles. The van der Waals surface area contributed by atoms with Crippen LogP contribution in [0.3, 0.4) is 0 Å². The van der Waals surface area contributed by atoms with E-state index >= 15 is 0 Å². The van der Waals surface area contributed by atoms with Gasteiger partial charge in [-0.2, -0.15) is 0 Å². The van der Waals surface area contributed by atoms with Gasteiger partial charge >= 0.3 is 0 Å². The quantitative estimate of drug-likeness (QED) is 0.838. The van der Waals surface area contributed by atoms with Gasteiger partial charge in [-0.1, -0.05) is 18.5 Å². The van der Waals surface area contributed by atoms with E-state index in [0.29, 0.717) is 23.7 Å².